The molecule has 0 radical (unpaired) electrons. The molecule has 0 spiro atoms. The highest BCUT2D eigenvalue weighted by Crippen LogP contribution is 2.40. The SMILES string of the molecule is C.C.C.CC(C)(C)c1cc(CCC(=O)OCC(COC(=O)CCc2ccc(O)cc2)(COC(=O)CCc2ccc(O)cc2)COC(=O)CCc2ccc(O)cc2)cc(C(C)(C)C)c1O. The Labute approximate surface area is 380 Å². The Morgan fingerprint density at radius 1 is 0.406 bits per heavy atom. The van der Waals surface area contributed by atoms with Crippen molar-refractivity contribution in [3.05, 3.63) is 118 Å². The van der Waals surface area contributed by atoms with E-state index in [0.717, 1.165) is 33.4 Å². The number of carbonyl (C=O) groups excluding carboxylic acids is 4. The van der Waals surface area contributed by atoms with Crippen LogP contribution in [0.1, 0.15) is 123 Å². The quantitative estimate of drug-likeness (QED) is 0.0487. The average molecular weight is 889 g/mol. The molecule has 0 aliphatic heterocycles. The molecule has 0 bridgehead atoms. The molecule has 12 heteroatoms. The Morgan fingerprint density at radius 3 is 0.875 bits per heavy atom. The minimum atomic E-state index is -1.50. The Bertz CT molecular complexity index is 1880. The van der Waals surface area contributed by atoms with Crippen LogP contribution in [0.2, 0.25) is 0 Å². The maximum atomic E-state index is 13.5. The molecule has 64 heavy (non-hydrogen) atoms. The van der Waals surface area contributed by atoms with Crippen LogP contribution in [-0.4, -0.2) is 70.7 Å². The summed E-state index contributed by atoms with van der Waals surface area (Å²) in [5.41, 5.74) is 2.49. The van der Waals surface area contributed by atoms with E-state index in [2.05, 4.69) is 0 Å². The van der Waals surface area contributed by atoms with Gasteiger partial charge in [0.25, 0.3) is 0 Å². The van der Waals surface area contributed by atoms with Crippen LogP contribution in [0.3, 0.4) is 0 Å². The lowest BCUT2D eigenvalue weighted by Gasteiger charge is -2.31. The van der Waals surface area contributed by atoms with Crippen molar-refractivity contribution in [2.75, 3.05) is 26.4 Å². The summed E-state index contributed by atoms with van der Waals surface area (Å²) >= 11 is 0. The van der Waals surface area contributed by atoms with Crippen LogP contribution in [-0.2, 0) is 74.6 Å². The van der Waals surface area contributed by atoms with Gasteiger partial charge in [-0.05, 0) is 106 Å². The van der Waals surface area contributed by atoms with Crippen LogP contribution in [0.5, 0.6) is 23.0 Å². The highest BCUT2D eigenvalue weighted by atomic mass is 16.6. The van der Waals surface area contributed by atoms with E-state index in [4.69, 9.17) is 18.9 Å². The summed E-state index contributed by atoms with van der Waals surface area (Å²) in [6.45, 7) is 10.3. The Balaban J connectivity index is 0.00000683. The fraction of sp³-hybridized carbons (Fsp3) is 0.462. The number of carbonyl (C=O) groups is 4. The number of aryl methyl sites for hydroxylation is 4. The molecule has 0 saturated heterocycles. The van der Waals surface area contributed by atoms with Gasteiger partial charge in [0.05, 0.1) is 0 Å². The third-order valence-electron chi connectivity index (χ3n) is 10.2. The number of hydrogen-bond donors (Lipinski definition) is 4. The van der Waals surface area contributed by atoms with E-state index in [-0.39, 0.29) is 81.8 Å². The van der Waals surface area contributed by atoms with Gasteiger partial charge < -0.3 is 39.4 Å². The maximum Gasteiger partial charge on any atom is 0.306 e. The van der Waals surface area contributed by atoms with Gasteiger partial charge in [0.1, 0.15) is 54.8 Å². The molecule has 0 heterocycles. The van der Waals surface area contributed by atoms with Gasteiger partial charge >= 0.3 is 23.9 Å². The van der Waals surface area contributed by atoms with Gasteiger partial charge in [-0.25, -0.2) is 0 Å². The number of rotatable bonds is 20. The van der Waals surface area contributed by atoms with Crippen molar-refractivity contribution < 1.29 is 58.6 Å². The fourth-order valence-electron chi connectivity index (χ4n) is 6.43. The minimum absolute atomic E-state index is 0. The molecule has 0 aliphatic rings. The monoisotopic (exact) mass is 889 g/mol. The minimum Gasteiger partial charge on any atom is -0.508 e. The zero-order valence-corrected chi connectivity index (χ0v) is 36.1. The van der Waals surface area contributed by atoms with Gasteiger partial charge in [-0.3, -0.25) is 19.2 Å². The molecule has 4 rings (SSSR count). The molecule has 352 valence electrons. The van der Waals surface area contributed by atoms with Gasteiger partial charge in [0.15, 0.2) is 0 Å². The standard InChI is InChI=1S/C49H60O12.3CH4/c1-47(2,3)40-27-36(28-41(46(40)57)48(4,5)6)16-26-45(56)61-32-49(29-58-42(53)23-13-33-7-17-37(50)18-8-33,30-59-43(54)24-14-34-9-19-38(51)20-10-34)31-60-44(55)25-15-35-11-21-39(52)22-12-35;;;/h7-12,17-22,27-28,50-52,57H,13-16,23-26,29-32H2,1-6H3;3*1H4. The third kappa shape index (κ3) is 18.4. The topological polar surface area (TPSA) is 186 Å². The average Bonchev–Trinajstić information content (AvgIpc) is 3.21. The Hall–Kier alpha value is -6.04. The second-order valence-corrected chi connectivity index (χ2v) is 17.7. The van der Waals surface area contributed by atoms with Gasteiger partial charge in [0, 0.05) is 25.7 Å². The van der Waals surface area contributed by atoms with Crippen molar-refractivity contribution in [1.82, 2.24) is 0 Å². The van der Waals surface area contributed by atoms with Crippen LogP contribution in [0.15, 0.2) is 84.9 Å². The van der Waals surface area contributed by atoms with Crippen LogP contribution in [0.4, 0.5) is 0 Å². The van der Waals surface area contributed by atoms with Crippen molar-refractivity contribution in [2.24, 2.45) is 5.41 Å². The van der Waals surface area contributed by atoms with E-state index in [1.807, 2.05) is 53.7 Å². The molecule has 0 amide bonds. The van der Waals surface area contributed by atoms with Gasteiger partial charge in [-0.15, -0.1) is 0 Å². The summed E-state index contributed by atoms with van der Waals surface area (Å²) < 4.78 is 23.0. The maximum absolute atomic E-state index is 13.5. The zero-order chi connectivity index (χ0) is 44.8. The zero-order valence-electron chi connectivity index (χ0n) is 36.1. The lowest BCUT2D eigenvalue weighted by atomic mass is 9.78. The number of esters is 4. The molecule has 4 aromatic rings. The highest BCUT2D eigenvalue weighted by Gasteiger charge is 2.38. The summed E-state index contributed by atoms with van der Waals surface area (Å²) in [4.78, 5) is 52.9. The van der Waals surface area contributed by atoms with Crippen molar-refractivity contribution >= 4 is 23.9 Å². The summed E-state index contributed by atoms with van der Waals surface area (Å²) in [5.74, 6) is -1.89. The molecule has 0 saturated carbocycles. The lowest BCUT2D eigenvalue weighted by Crippen LogP contribution is -2.44. The van der Waals surface area contributed by atoms with E-state index in [1.165, 1.54) is 36.4 Å². The number of phenolic OH excluding ortho intramolecular Hbond substituents is 4. The molecular weight excluding hydrogens is 817 g/mol. The smallest absolute Gasteiger partial charge is 0.306 e. The first-order valence-electron chi connectivity index (χ1n) is 20.5. The van der Waals surface area contributed by atoms with Crippen LogP contribution < -0.4 is 0 Å². The fourth-order valence-corrected chi connectivity index (χ4v) is 6.43. The van der Waals surface area contributed by atoms with E-state index in [1.54, 1.807) is 36.4 Å². The molecule has 4 N–H and O–H groups in total. The number of hydrogen-bond acceptors (Lipinski definition) is 12. The van der Waals surface area contributed by atoms with Crippen LogP contribution in [0.25, 0.3) is 0 Å². The molecule has 0 aromatic heterocycles. The number of phenols is 4. The number of ether oxygens (including phenoxy) is 4. The molecule has 0 unspecified atom stereocenters. The van der Waals surface area contributed by atoms with E-state index in [9.17, 15) is 39.6 Å². The predicted molar refractivity (Wildman–Crippen MR) is 250 cm³/mol. The Morgan fingerprint density at radius 2 is 0.641 bits per heavy atom. The van der Waals surface area contributed by atoms with E-state index < -0.39 is 55.7 Å². The second kappa shape index (κ2) is 25.3. The number of benzene rings is 4. The summed E-state index contributed by atoms with van der Waals surface area (Å²) in [7, 11) is 0. The molecule has 0 fully saturated rings. The van der Waals surface area contributed by atoms with Crippen LogP contribution >= 0.6 is 0 Å². The predicted octanol–water partition coefficient (Wildman–Crippen LogP) is 10.0. The van der Waals surface area contributed by atoms with Crippen molar-refractivity contribution in [3.63, 3.8) is 0 Å². The molecule has 4 aromatic carbocycles. The highest BCUT2D eigenvalue weighted by molar-refractivity contribution is 5.72. The first-order valence-corrected chi connectivity index (χ1v) is 20.5. The summed E-state index contributed by atoms with van der Waals surface area (Å²) in [5, 5.41) is 40.1. The van der Waals surface area contributed by atoms with E-state index in [0.29, 0.717) is 25.7 Å². The van der Waals surface area contributed by atoms with E-state index >= 15 is 0 Å². The van der Waals surface area contributed by atoms with Crippen LogP contribution in [0, 0.1) is 5.41 Å². The van der Waals surface area contributed by atoms with Gasteiger partial charge in [-0.1, -0.05) is 112 Å². The van der Waals surface area contributed by atoms with Crippen molar-refractivity contribution in [1.29, 1.82) is 0 Å². The second-order valence-electron chi connectivity index (χ2n) is 17.7. The largest absolute Gasteiger partial charge is 0.508 e. The van der Waals surface area contributed by atoms with Gasteiger partial charge in [-0.2, -0.15) is 0 Å². The Kier molecular flexibility index (Phi) is 22.1. The third-order valence-corrected chi connectivity index (χ3v) is 10.2. The van der Waals surface area contributed by atoms with Crippen molar-refractivity contribution in [3.8, 4) is 23.0 Å². The summed E-state index contributed by atoms with van der Waals surface area (Å²) in [6, 6.07) is 23.0. The van der Waals surface area contributed by atoms with Crippen molar-refractivity contribution in [2.45, 2.75) is 126 Å². The first-order chi connectivity index (χ1) is 28.7. The molecule has 12 nitrogen and oxygen atoms in total. The molecule has 0 atom stereocenters. The van der Waals surface area contributed by atoms with Gasteiger partial charge in [0.2, 0.25) is 0 Å². The summed E-state index contributed by atoms with van der Waals surface area (Å²) in [6.07, 6.45) is 1.10. The number of aromatic hydroxyl groups is 4. The first kappa shape index (κ1) is 56.0. The lowest BCUT2D eigenvalue weighted by molar-refractivity contribution is -0.170. The normalized spacial score (nSPS) is 11.2. The molecule has 0 aliphatic carbocycles. The molecular formula is C52H72O12.